The Morgan fingerprint density at radius 2 is 1.22 bits per heavy atom. The van der Waals surface area contributed by atoms with Gasteiger partial charge in [0.25, 0.3) is 20.2 Å². The lowest BCUT2D eigenvalue weighted by Gasteiger charge is -2.09. The van der Waals surface area contributed by atoms with Crippen LogP contribution in [0.15, 0.2) is 109 Å². The molecule has 5 aromatic rings. The maximum atomic E-state index is 11.9. The fraction of sp³-hybridized carbons (Fsp3) is 0.0714. The van der Waals surface area contributed by atoms with Crippen molar-refractivity contribution in [1.29, 1.82) is 0 Å². The van der Waals surface area contributed by atoms with E-state index in [0.717, 1.165) is 11.1 Å². The minimum absolute atomic E-state index is 0.108. The molecule has 0 heterocycles. The van der Waals surface area contributed by atoms with Gasteiger partial charge >= 0.3 is 0 Å². The SMILES string of the molecule is Cc1ccc(C)c(N=Nc2ccc(N=Nc3ccc(N)c4c(S(=O)(=O)O)cccc34)c3ccc(S(=O)(=O)O)cc23)c1. The third-order valence-corrected chi connectivity index (χ3v) is 8.17. The highest BCUT2D eigenvalue weighted by atomic mass is 32.2. The molecule has 0 spiro atoms. The smallest absolute Gasteiger partial charge is 0.295 e. The van der Waals surface area contributed by atoms with Crippen molar-refractivity contribution in [3.05, 3.63) is 90.0 Å². The molecule has 0 atom stereocenters. The first-order valence-electron chi connectivity index (χ1n) is 12.1. The van der Waals surface area contributed by atoms with Gasteiger partial charge < -0.3 is 5.73 Å². The number of azo groups is 2. The Morgan fingerprint density at radius 3 is 1.88 bits per heavy atom. The first kappa shape index (κ1) is 28.0. The van der Waals surface area contributed by atoms with Gasteiger partial charge in [-0.3, -0.25) is 9.11 Å². The molecule has 0 unspecified atom stereocenters. The molecule has 13 heteroatoms. The maximum Gasteiger partial charge on any atom is 0.295 e. The Hall–Kier alpha value is -4.56. The van der Waals surface area contributed by atoms with Crippen molar-refractivity contribution >= 4 is 70.2 Å². The Bertz CT molecular complexity index is 2140. The van der Waals surface area contributed by atoms with Crippen molar-refractivity contribution in [3.8, 4) is 0 Å². The monoisotopic (exact) mass is 589 g/mol. The van der Waals surface area contributed by atoms with E-state index < -0.39 is 20.2 Å². The predicted molar refractivity (Wildman–Crippen MR) is 156 cm³/mol. The van der Waals surface area contributed by atoms with Crippen molar-refractivity contribution in [2.24, 2.45) is 20.5 Å². The highest BCUT2D eigenvalue weighted by Gasteiger charge is 2.18. The van der Waals surface area contributed by atoms with Crippen molar-refractivity contribution in [1.82, 2.24) is 0 Å². The molecule has 41 heavy (non-hydrogen) atoms. The quantitative estimate of drug-likeness (QED) is 0.104. The molecule has 0 fully saturated rings. The van der Waals surface area contributed by atoms with Crippen LogP contribution in [-0.4, -0.2) is 25.9 Å². The average molecular weight is 590 g/mol. The summed E-state index contributed by atoms with van der Waals surface area (Å²) in [6.45, 7) is 3.82. The van der Waals surface area contributed by atoms with Crippen LogP contribution in [0.5, 0.6) is 0 Å². The van der Waals surface area contributed by atoms with E-state index >= 15 is 0 Å². The van der Waals surface area contributed by atoms with Crippen LogP contribution in [0.2, 0.25) is 0 Å². The summed E-state index contributed by atoms with van der Waals surface area (Å²) in [6, 6.07) is 20.2. The van der Waals surface area contributed by atoms with Crippen molar-refractivity contribution < 1.29 is 25.9 Å². The van der Waals surface area contributed by atoms with E-state index in [9.17, 15) is 25.9 Å². The number of aryl methyl sites for hydroxylation is 2. The number of rotatable bonds is 6. The summed E-state index contributed by atoms with van der Waals surface area (Å²) >= 11 is 0. The van der Waals surface area contributed by atoms with E-state index in [1.165, 1.54) is 36.4 Å². The van der Waals surface area contributed by atoms with E-state index in [1.807, 2.05) is 32.0 Å². The Morgan fingerprint density at radius 1 is 0.610 bits per heavy atom. The summed E-state index contributed by atoms with van der Waals surface area (Å²) in [7, 11) is -9.07. The van der Waals surface area contributed by atoms with Crippen LogP contribution in [0, 0.1) is 13.8 Å². The maximum absolute atomic E-state index is 11.9. The van der Waals surface area contributed by atoms with Crippen molar-refractivity contribution in [2.45, 2.75) is 23.6 Å². The molecule has 208 valence electrons. The number of nitrogens with zero attached hydrogens (tertiary/aromatic N) is 4. The van der Waals surface area contributed by atoms with Gasteiger partial charge in [0.2, 0.25) is 0 Å². The van der Waals surface area contributed by atoms with Crippen LogP contribution in [-0.2, 0) is 20.2 Å². The van der Waals surface area contributed by atoms with Gasteiger partial charge in [-0.25, -0.2) is 0 Å². The predicted octanol–water partition coefficient (Wildman–Crippen LogP) is 7.52. The molecule has 5 aromatic carbocycles. The third kappa shape index (κ3) is 5.69. The van der Waals surface area contributed by atoms with E-state index in [1.54, 1.807) is 24.3 Å². The van der Waals surface area contributed by atoms with Gasteiger partial charge in [0, 0.05) is 27.2 Å². The molecular formula is C28H23N5O6S2. The van der Waals surface area contributed by atoms with Gasteiger partial charge in [0.1, 0.15) is 4.90 Å². The molecule has 0 aliphatic rings. The van der Waals surface area contributed by atoms with Crippen LogP contribution in [0.1, 0.15) is 11.1 Å². The molecule has 0 amide bonds. The third-order valence-electron chi connectivity index (χ3n) is 6.42. The lowest BCUT2D eigenvalue weighted by molar-refractivity contribution is 0.481. The largest absolute Gasteiger partial charge is 0.398 e. The zero-order valence-electron chi connectivity index (χ0n) is 21.7. The van der Waals surface area contributed by atoms with Gasteiger partial charge in [-0.1, -0.05) is 30.3 Å². The van der Waals surface area contributed by atoms with Crippen LogP contribution in [0.25, 0.3) is 21.5 Å². The first-order chi connectivity index (χ1) is 19.3. The lowest BCUT2D eigenvalue weighted by atomic mass is 10.1. The molecule has 0 bridgehead atoms. The molecule has 0 aliphatic heterocycles. The van der Waals surface area contributed by atoms with Crippen molar-refractivity contribution in [3.63, 3.8) is 0 Å². The first-order valence-corrected chi connectivity index (χ1v) is 14.9. The van der Waals surface area contributed by atoms with Crippen LogP contribution in [0.4, 0.5) is 28.4 Å². The Balaban J connectivity index is 1.66. The standard InChI is InChI=1S/C28H23N5O6S2/c1-16-6-7-17(2)26(14-16)33-32-25-13-12-23(19-9-8-18(15-21(19)25)40(34,35)36)30-31-24-11-10-22(29)28-20(24)4-3-5-27(28)41(37,38)39/h3-15H,29H2,1-2H3,(H,34,35,36)(H,37,38,39). The van der Waals surface area contributed by atoms with Gasteiger partial charge in [0.15, 0.2) is 0 Å². The molecule has 11 nitrogen and oxygen atoms in total. The molecule has 0 aliphatic carbocycles. The molecule has 0 saturated heterocycles. The highest BCUT2D eigenvalue weighted by Crippen LogP contribution is 2.39. The molecule has 4 N–H and O–H groups in total. The van der Waals surface area contributed by atoms with Gasteiger partial charge in [-0.15, -0.1) is 15.3 Å². The number of benzene rings is 5. The fourth-order valence-corrected chi connectivity index (χ4v) is 5.60. The minimum atomic E-state index is -4.56. The minimum Gasteiger partial charge on any atom is -0.398 e. The number of hydrogen-bond donors (Lipinski definition) is 3. The van der Waals surface area contributed by atoms with Gasteiger partial charge in [0.05, 0.1) is 27.6 Å². The highest BCUT2D eigenvalue weighted by molar-refractivity contribution is 7.86. The summed E-state index contributed by atoms with van der Waals surface area (Å²) in [5.74, 6) is 0. The topological polar surface area (TPSA) is 184 Å². The average Bonchev–Trinajstić information content (AvgIpc) is 2.92. The second kappa shape index (κ2) is 10.4. The second-order valence-electron chi connectivity index (χ2n) is 9.30. The molecular weight excluding hydrogens is 566 g/mol. The molecule has 0 radical (unpaired) electrons. The number of nitrogen functional groups attached to an aromatic ring is 1. The van der Waals surface area contributed by atoms with Gasteiger partial charge in [-0.2, -0.15) is 21.9 Å². The lowest BCUT2D eigenvalue weighted by Crippen LogP contribution is -2.01. The number of nitrogens with two attached hydrogens (primary N) is 1. The zero-order chi connectivity index (χ0) is 29.5. The molecule has 5 rings (SSSR count). The number of anilines is 1. The fourth-order valence-electron chi connectivity index (χ4n) is 4.36. The van der Waals surface area contributed by atoms with Crippen LogP contribution >= 0.6 is 0 Å². The van der Waals surface area contributed by atoms with E-state index in [-0.39, 0.29) is 26.6 Å². The summed E-state index contributed by atoms with van der Waals surface area (Å²) in [4.78, 5) is -0.684. The molecule has 0 saturated carbocycles. The van der Waals surface area contributed by atoms with E-state index in [4.69, 9.17) is 5.73 Å². The van der Waals surface area contributed by atoms with Crippen LogP contribution in [0.3, 0.4) is 0 Å². The Kier molecular flexibility index (Phi) is 7.13. The zero-order valence-corrected chi connectivity index (χ0v) is 23.3. The summed E-state index contributed by atoms with van der Waals surface area (Å²) in [6.07, 6.45) is 0. The summed E-state index contributed by atoms with van der Waals surface area (Å²) in [5, 5.41) is 18.6. The van der Waals surface area contributed by atoms with Crippen molar-refractivity contribution in [2.75, 3.05) is 5.73 Å². The molecule has 0 aromatic heterocycles. The van der Waals surface area contributed by atoms with E-state index in [0.29, 0.717) is 33.2 Å². The summed E-state index contributed by atoms with van der Waals surface area (Å²) in [5.41, 5.74) is 9.65. The summed E-state index contributed by atoms with van der Waals surface area (Å²) < 4.78 is 66.9. The normalized spacial score (nSPS) is 12.7. The van der Waals surface area contributed by atoms with Gasteiger partial charge in [-0.05, 0) is 73.5 Å². The second-order valence-corrected chi connectivity index (χ2v) is 12.1. The van der Waals surface area contributed by atoms with Crippen LogP contribution < -0.4 is 5.73 Å². The Labute approximate surface area is 235 Å². The number of fused-ring (bicyclic) bond motifs is 2. The van der Waals surface area contributed by atoms with E-state index in [2.05, 4.69) is 20.5 Å². The number of hydrogen-bond acceptors (Lipinski definition) is 9.